The Balaban J connectivity index is 2.83. The van der Waals surface area contributed by atoms with Crippen molar-refractivity contribution in [1.82, 2.24) is 0 Å². The number of hydrogen-bond donors (Lipinski definition) is 0. The van der Waals surface area contributed by atoms with Gasteiger partial charge in [-0.05, 0) is 0 Å². The van der Waals surface area contributed by atoms with Crippen LogP contribution in [0.15, 0.2) is 0 Å². The monoisotopic (exact) mass is 103 g/mol. The molecule has 0 spiro atoms. The molecular weight excluding hydrogens is 101 g/mol. The SMILES string of the molecule is CC#[C][Zn]. The van der Waals surface area contributed by atoms with Gasteiger partial charge in [-0.15, -0.1) is 0 Å². The Bertz CT molecular complexity index is 40.0. The van der Waals surface area contributed by atoms with Crippen molar-refractivity contribution in [1.29, 1.82) is 0 Å². The molecule has 0 radical (unpaired) electrons. The van der Waals surface area contributed by atoms with Gasteiger partial charge in [0, 0.05) is 0 Å². The summed E-state index contributed by atoms with van der Waals surface area (Å²) in [7, 11) is 0. The van der Waals surface area contributed by atoms with Crippen molar-refractivity contribution in [2.75, 3.05) is 0 Å². The Kier molecular flexibility index (Phi) is 3.33. The molecule has 0 rings (SSSR count). The molecule has 0 saturated heterocycles. The number of hydrogen-bond acceptors (Lipinski definition) is 0. The quantitative estimate of drug-likeness (QED) is 0.310. The third-order valence-corrected chi connectivity index (χ3v) is 0.919. The standard InChI is InChI=1S/C3H3.Zn/c1-3-2;/h1H3;. The Hall–Kier alpha value is 0.183. The van der Waals surface area contributed by atoms with Gasteiger partial charge in [-0.1, -0.05) is 0 Å². The molecule has 0 bridgehead atoms. The Morgan fingerprint density at radius 2 is 2.00 bits per heavy atom. The fourth-order valence-corrected chi connectivity index (χ4v) is 0. The summed E-state index contributed by atoms with van der Waals surface area (Å²) in [6, 6.07) is 0. The molecule has 0 fully saturated rings. The molecule has 0 amide bonds. The predicted octanol–water partition coefficient (Wildman–Crippen LogP) is 0.514. The molecule has 0 aromatic carbocycles. The molecule has 0 unspecified atom stereocenters. The minimum absolute atomic E-state index is 1.11. The van der Waals surface area contributed by atoms with Crippen LogP contribution in [0.4, 0.5) is 0 Å². The average Bonchev–Trinajstić information content (AvgIpc) is 1.37. The van der Waals surface area contributed by atoms with Crippen molar-refractivity contribution in [2.45, 2.75) is 6.92 Å². The van der Waals surface area contributed by atoms with E-state index >= 15 is 0 Å². The van der Waals surface area contributed by atoms with E-state index in [1.54, 1.807) is 0 Å². The first-order valence-electron chi connectivity index (χ1n) is 1.10. The van der Waals surface area contributed by atoms with E-state index in [0.29, 0.717) is 0 Å². The van der Waals surface area contributed by atoms with E-state index in [1.807, 2.05) is 6.92 Å². The average molecular weight is 104 g/mol. The van der Waals surface area contributed by atoms with Gasteiger partial charge < -0.3 is 0 Å². The van der Waals surface area contributed by atoms with Crippen LogP contribution >= 0.6 is 0 Å². The molecule has 0 nitrogen and oxygen atoms in total. The zero-order valence-corrected chi connectivity index (χ0v) is 5.67. The zero-order chi connectivity index (χ0) is 3.41. The molecule has 0 aliphatic carbocycles. The molecule has 0 aromatic heterocycles. The van der Waals surface area contributed by atoms with E-state index in [4.69, 9.17) is 0 Å². The van der Waals surface area contributed by atoms with E-state index in [2.05, 4.69) is 10.4 Å². The van der Waals surface area contributed by atoms with Crippen LogP contribution in [0, 0.1) is 10.4 Å². The van der Waals surface area contributed by atoms with Crippen molar-refractivity contribution in [3.63, 3.8) is 0 Å². The van der Waals surface area contributed by atoms with Gasteiger partial charge in [-0.3, -0.25) is 0 Å². The first kappa shape index (κ1) is 4.18. The fraction of sp³-hybridized carbons (Fsp3) is 0.333. The van der Waals surface area contributed by atoms with E-state index in [-0.39, 0.29) is 0 Å². The second-order valence-corrected chi connectivity index (χ2v) is 1.17. The third-order valence-electron chi connectivity index (χ3n) is 0.177. The first-order valence-corrected chi connectivity index (χ1v) is 2.59. The molecule has 17 valence electrons. The summed E-state index contributed by atoms with van der Waals surface area (Å²) >= 11 is 1.11. The Morgan fingerprint density at radius 1 is 1.75 bits per heavy atom. The minimum atomic E-state index is 1.11. The van der Waals surface area contributed by atoms with Gasteiger partial charge in [-0.25, -0.2) is 0 Å². The molecule has 0 aliphatic rings. The summed E-state index contributed by atoms with van der Waals surface area (Å²) < 4.78 is 2.81. The van der Waals surface area contributed by atoms with Gasteiger partial charge in [0.15, 0.2) is 0 Å². The summed E-state index contributed by atoms with van der Waals surface area (Å²) in [6.45, 7) is 1.85. The summed E-state index contributed by atoms with van der Waals surface area (Å²) in [5.41, 5.74) is 0. The maximum atomic E-state index is 2.81. The Morgan fingerprint density at radius 3 is 2.00 bits per heavy atom. The second kappa shape index (κ2) is 3.18. The molecule has 1 heteroatoms. The van der Waals surface area contributed by atoms with E-state index < -0.39 is 0 Å². The number of rotatable bonds is 0. The zero-order valence-electron chi connectivity index (χ0n) is 2.71. The molecule has 0 aromatic rings. The van der Waals surface area contributed by atoms with Crippen LogP contribution in [-0.2, 0) is 18.3 Å². The van der Waals surface area contributed by atoms with Crippen LogP contribution in [0.1, 0.15) is 6.92 Å². The topological polar surface area (TPSA) is 0 Å². The van der Waals surface area contributed by atoms with Crippen molar-refractivity contribution in [3.05, 3.63) is 0 Å². The van der Waals surface area contributed by atoms with Crippen LogP contribution in [0.5, 0.6) is 0 Å². The van der Waals surface area contributed by atoms with Crippen LogP contribution in [0.25, 0.3) is 0 Å². The summed E-state index contributed by atoms with van der Waals surface area (Å²) in [5, 5.41) is 0. The molecule has 0 saturated carbocycles. The molecule has 0 heterocycles. The van der Waals surface area contributed by atoms with Crippen LogP contribution in [0.3, 0.4) is 0 Å². The summed E-state index contributed by atoms with van der Waals surface area (Å²) in [4.78, 5) is 0. The van der Waals surface area contributed by atoms with Gasteiger partial charge in [0.25, 0.3) is 0 Å². The van der Waals surface area contributed by atoms with Crippen molar-refractivity contribution in [3.8, 4) is 10.4 Å². The normalized spacial score (nSPS) is 3.75. The van der Waals surface area contributed by atoms with Gasteiger partial charge in [-0.2, -0.15) is 0 Å². The predicted molar refractivity (Wildman–Crippen MR) is 13.5 cm³/mol. The fourth-order valence-electron chi connectivity index (χ4n) is 0. The van der Waals surface area contributed by atoms with Crippen molar-refractivity contribution >= 4 is 0 Å². The van der Waals surface area contributed by atoms with Crippen LogP contribution in [0.2, 0.25) is 0 Å². The second-order valence-electron chi connectivity index (χ2n) is 0.427. The van der Waals surface area contributed by atoms with Gasteiger partial charge in [0.1, 0.15) is 0 Å². The Labute approximate surface area is 36.3 Å². The van der Waals surface area contributed by atoms with Gasteiger partial charge >= 0.3 is 35.7 Å². The van der Waals surface area contributed by atoms with Gasteiger partial charge in [0.05, 0.1) is 0 Å². The maximum absolute atomic E-state index is 2.81. The van der Waals surface area contributed by atoms with E-state index in [1.165, 1.54) is 0 Å². The first-order chi connectivity index (χ1) is 1.91. The van der Waals surface area contributed by atoms with Gasteiger partial charge in [0.2, 0.25) is 0 Å². The molecular formula is C3H3Zn. The van der Waals surface area contributed by atoms with Crippen molar-refractivity contribution in [2.24, 2.45) is 0 Å². The van der Waals surface area contributed by atoms with Crippen LogP contribution < -0.4 is 0 Å². The summed E-state index contributed by atoms with van der Waals surface area (Å²) in [6.07, 6.45) is 0. The van der Waals surface area contributed by atoms with Crippen LogP contribution in [-0.4, -0.2) is 0 Å². The molecule has 4 heavy (non-hydrogen) atoms. The van der Waals surface area contributed by atoms with E-state index in [0.717, 1.165) is 18.3 Å². The molecule has 0 atom stereocenters. The summed E-state index contributed by atoms with van der Waals surface area (Å²) in [5.74, 6) is 2.74. The molecule has 0 N–H and O–H groups in total. The molecule has 0 aliphatic heterocycles. The van der Waals surface area contributed by atoms with E-state index in [9.17, 15) is 0 Å². The third kappa shape index (κ3) is 2.18. The van der Waals surface area contributed by atoms with Crippen molar-refractivity contribution < 1.29 is 18.3 Å².